The SMILES string of the molecule is CC(=O)NC1(C(=O)N2CCN(c3ncccc3Cl)CC2)CCCCC1. The van der Waals surface area contributed by atoms with Crippen molar-refractivity contribution in [3.05, 3.63) is 23.4 Å². The Balaban J connectivity index is 1.67. The summed E-state index contributed by atoms with van der Waals surface area (Å²) < 4.78 is 0. The standard InChI is InChI=1S/C18H25ClN4O2/c1-14(24)21-18(7-3-2-4-8-18)17(25)23-12-10-22(11-13-23)16-15(19)6-5-9-20-16/h5-6,9H,2-4,7-8,10-13H2,1H3,(H,21,24). The van der Waals surface area contributed by atoms with Crippen molar-refractivity contribution < 1.29 is 9.59 Å². The van der Waals surface area contributed by atoms with Crippen LogP contribution in [0.25, 0.3) is 0 Å². The Hall–Kier alpha value is -1.82. The van der Waals surface area contributed by atoms with Gasteiger partial charge in [0.25, 0.3) is 0 Å². The van der Waals surface area contributed by atoms with Gasteiger partial charge in [-0.15, -0.1) is 0 Å². The van der Waals surface area contributed by atoms with E-state index < -0.39 is 5.54 Å². The summed E-state index contributed by atoms with van der Waals surface area (Å²) in [6, 6.07) is 3.64. The Morgan fingerprint density at radius 3 is 2.44 bits per heavy atom. The molecule has 1 aromatic rings. The fourth-order valence-corrected chi connectivity index (χ4v) is 4.16. The van der Waals surface area contributed by atoms with E-state index in [1.165, 1.54) is 6.92 Å². The van der Waals surface area contributed by atoms with Crippen LogP contribution in [-0.4, -0.2) is 53.4 Å². The second-order valence-corrected chi connectivity index (χ2v) is 7.32. The predicted molar refractivity (Wildman–Crippen MR) is 97.7 cm³/mol. The van der Waals surface area contributed by atoms with Crippen LogP contribution in [0.4, 0.5) is 5.82 Å². The lowest BCUT2D eigenvalue weighted by Crippen LogP contribution is -2.63. The van der Waals surface area contributed by atoms with Crippen molar-refractivity contribution in [1.82, 2.24) is 15.2 Å². The van der Waals surface area contributed by atoms with Crippen molar-refractivity contribution in [3.63, 3.8) is 0 Å². The van der Waals surface area contributed by atoms with Crippen LogP contribution < -0.4 is 10.2 Å². The van der Waals surface area contributed by atoms with Gasteiger partial charge in [0, 0.05) is 39.3 Å². The molecule has 25 heavy (non-hydrogen) atoms. The molecule has 2 fully saturated rings. The van der Waals surface area contributed by atoms with Gasteiger partial charge < -0.3 is 15.1 Å². The molecule has 6 nitrogen and oxygen atoms in total. The van der Waals surface area contributed by atoms with E-state index in [9.17, 15) is 9.59 Å². The number of hydrogen-bond donors (Lipinski definition) is 1. The molecule has 7 heteroatoms. The van der Waals surface area contributed by atoms with Crippen LogP contribution in [0.15, 0.2) is 18.3 Å². The lowest BCUT2D eigenvalue weighted by molar-refractivity contribution is -0.143. The number of hydrogen-bond acceptors (Lipinski definition) is 4. The Kier molecular flexibility index (Phi) is 5.47. The quantitative estimate of drug-likeness (QED) is 0.893. The van der Waals surface area contributed by atoms with Gasteiger partial charge in [-0.25, -0.2) is 4.98 Å². The summed E-state index contributed by atoms with van der Waals surface area (Å²) in [7, 11) is 0. The molecule has 3 rings (SSSR count). The number of rotatable bonds is 3. The molecule has 1 saturated heterocycles. The van der Waals surface area contributed by atoms with Crippen LogP contribution in [0.3, 0.4) is 0 Å². The lowest BCUT2D eigenvalue weighted by atomic mass is 9.80. The third-order valence-electron chi connectivity index (χ3n) is 5.14. The van der Waals surface area contributed by atoms with E-state index in [4.69, 9.17) is 11.6 Å². The Bertz CT molecular complexity index is 638. The second kappa shape index (κ2) is 7.60. The van der Waals surface area contributed by atoms with Gasteiger partial charge in [-0.1, -0.05) is 30.9 Å². The monoisotopic (exact) mass is 364 g/mol. The number of piperazine rings is 1. The van der Waals surface area contributed by atoms with Gasteiger partial charge in [-0.2, -0.15) is 0 Å². The molecule has 1 aliphatic heterocycles. The molecule has 0 spiro atoms. The minimum absolute atomic E-state index is 0.0640. The minimum Gasteiger partial charge on any atom is -0.352 e. The average molecular weight is 365 g/mol. The van der Waals surface area contributed by atoms with Gasteiger partial charge in [0.2, 0.25) is 11.8 Å². The second-order valence-electron chi connectivity index (χ2n) is 6.91. The largest absolute Gasteiger partial charge is 0.352 e. The maximum absolute atomic E-state index is 13.2. The maximum atomic E-state index is 13.2. The summed E-state index contributed by atoms with van der Waals surface area (Å²) in [5.74, 6) is 0.703. The maximum Gasteiger partial charge on any atom is 0.248 e. The van der Waals surface area contributed by atoms with Crippen LogP contribution >= 0.6 is 11.6 Å². The number of pyridine rings is 1. The Morgan fingerprint density at radius 2 is 1.84 bits per heavy atom. The van der Waals surface area contributed by atoms with Gasteiger partial charge in [0.05, 0.1) is 5.02 Å². The highest BCUT2D eigenvalue weighted by Gasteiger charge is 2.43. The first kappa shape index (κ1) is 18.0. The fraction of sp³-hybridized carbons (Fsp3) is 0.611. The van der Waals surface area contributed by atoms with Crippen LogP contribution in [0.2, 0.25) is 5.02 Å². The van der Waals surface area contributed by atoms with Crippen molar-refractivity contribution in [2.75, 3.05) is 31.1 Å². The number of carbonyl (C=O) groups is 2. The number of nitrogens with one attached hydrogen (secondary N) is 1. The molecule has 0 radical (unpaired) electrons. The third-order valence-corrected chi connectivity index (χ3v) is 5.43. The molecule has 0 unspecified atom stereocenters. The predicted octanol–water partition coefficient (Wildman–Crippen LogP) is 2.22. The Labute approximate surface area is 153 Å². The van der Waals surface area contributed by atoms with Crippen molar-refractivity contribution in [1.29, 1.82) is 0 Å². The highest BCUT2D eigenvalue weighted by molar-refractivity contribution is 6.32. The van der Waals surface area contributed by atoms with E-state index in [0.717, 1.165) is 37.9 Å². The summed E-state index contributed by atoms with van der Waals surface area (Å²) in [6.07, 6.45) is 6.29. The van der Waals surface area contributed by atoms with E-state index in [2.05, 4.69) is 15.2 Å². The zero-order valence-electron chi connectivity index (χ0n) is 14.6. The van der Waals surface area contributed by atoms with E-state index in [1.54, 1.807) is 6.20 Å². The molecule has 2 aliphatic rings. The van der Waals surface area contributed by atoms with Crippen LogP contribution in [0, 0.1) is 0 Å². The summed E-state index contributed by atoms with van der Waals surface area (Å²) in [5, 5.41) is 3.60. The van der Waals surface area contributed by atoms with Crippen molar-refractivity contribution in [3.8, 4) is 0 Å². The zero-order chi connectivity index (χ0) is 17.9. The number of anilines is 1. The van der Waals surface area contributed by atoms with Gasteiger partial charge in [0.15, 0.2) is 0 Å². The van der Waals surface area contributed by atoms with Crippen LogP contribution in [0.1, 0.15) is 39.0 Å². The van der Waals surface area contributed by atoms with Crippen molar-refractivity contribution >= 4 is 29.2 Å². The highest BCUT2D eigenvalue weighted by Crippen LogP contribution is 2.31. The van der Waals surface area contributed by atoms with Gasteiger partial charge >= 0.3 is 0 Å². The van der Waals surface area contributed by atoms with E-state index in [-0.39, 0.29) is 11.8 Å². The van der Waals surface area contributed by atoms with E-state index in [1.807, 2.05) is 17.0 Å². The molecule has 1 aromatic heterocycles. The highest BCUT2D eigenvalue weighted by atomic mass is 35.5. The average Bonchev–Trinajstić information content (AvgIpc) is 2.62. The molecule has 1 aliphatic carbocycles. The number of halogens is 1. The fourth-order valence-electron chi connectivity index (χ4n) is 3.92. The van der Waals surface area contributed by atoms with Gasteiger partial charge in [0.1, 0.15) is 11.4 Å². The van der Waals surface area contributed by atoms with Gasteiger partial charge in [-0.05, 0) is 25.0 Å². The molecule has 1 saturated carbocycles. The molecule has 0 bridgehead atoms. The van der Waals surface area contributed by atoms with Gasteiger partial charge in [-0.3, -0.25) is 9.59 Å². The van der Waals surface area contributed by atoms with Crippen LogP contribution in [-0.2, 0) is 9.59 Å². The number of amides is 2. The van der Waals surface area contributed by atoms with E-state index >= 15 is 0 Å². The minimum atomic E-state index is -0.713. The first-order chi connectivity index (χ1) is 12.0. The first-order valence-corrected chi connectivity index (χ1v) is 9.33. The molecule has 0 atom stereocenters. The molecule has 136 valence electrons. The molecule has 1 N–H and O–H groups in total. The van der Waals surface area contributed by atoms with Crippen molar-refractivity contribution in [2.24, 2.45) is 0 Å². The third kappa shape index (κ3) is 3.89. The van der Waals surface area contributed by atoms with Crippen LogP contribution in [0.5, 0.6) is 0 Å². The lowest BCUT2D eigenvalue weighted by Gasteiger charge is -2.43. The molecule has 2 amide bonds. The van der Waals surface area contributed by atoms with E-state index in [0.29, 0.717) is 31.2 Å². The molecular weight excluding hydrogens is 340 g/mol. The first-order valence-electron chi connectivity index (χ1n) is 8.95. The summed E-state index contributed by atoms with van der Waals surface area (Å²) in [6.45, 7) is 4.11. The number of nitrogens with zero attached hydrogens (tertiary/aromatic N) is 3. The van der Waals surface area contributed by atoms with Crippen molar-refractivity contribution in [2.45, 2.75) is 44.6 Å². The summed E-state index contributed by atoms with van der Waals surface area (Å²) in [4.78, 5) is 33.2. The zero-order valence-corrected chi connectivity index (χ0v) is 15.4. The topological polar surface area (TPSA) is 65.5 Å². The molecular formula is C18H25ClN4O2. The summed E-state index contributed by atoms with van der Waals surface area (Å²) >= 11 is 6.23. The molecule has 2 heterocycles. The summed E-state index contributed by atoms with van der Waals surface area (Å²) in [5.41, 5.74) is -0.713. The number of aromatic nitrogens is 1. The number of carbonyl (C=O) groups excluding carboxylic acids is 2. The normalized spacial score (nSPS) is 20.2. The molecule has 0 aromatic carbocycles. The smallest absolute Gasteiger partial charge is 0.248 e. The Morgan fingerprint density at radius 1 is 1.16 bits per heavy atom.